The van der Waals surface area contributed by atoms with Gasteiger partial charge in [0, 0.05) is 36.4 Å². The minimum Gasteiger partial charge on any atom is -0.369 e. The van der Waals surface area contributed by atoms with Crippen molar-refractivity contribution in [2.75, 3.05) is 24.5 Å². The van der Waals surface area contributed by atoms with E-state index in [2.05, 4.69) is 53.3 Å². The van der Waals surface area contributed by atoms with E-state index in [0.717, 1.165) is 25.2 Å². The number of fused-ring (bicyclic) bond motifs is 1. The first kappa shape index (κ1) is 14.3. The summed E-state index contributed by atoms with van der Waals surface area (Å²) in [7, 11) is 0. The SMILES string of the molecule is CCC(C)C1CN(c2cccc3ncccc23)CCCN1. The summed E-state index contributed by atoms with van der Waals surface area (Å²) in [5.41, 5.74) is 2.42. The summed E-state index contributed by atoms with van der Waals surface area (Å²) in [5, 5.41) is 4.99. The molecule has 1 aromatic heterocycles. The van der Waals surface area contributed by atoms with Gasteiger partial charge in [-0.3, -0.25) is 4.98 Å². The van der Waals surface area contributed by atoms with Crippen molar-refractivity contribution in [2.45, 2.75) is 32.7 Å². The maximum absolute atomic E-state index is 4.49. The number of anilines is 1. The van der Waals surface area contributed by atoms with Gasteiger partial charge in [0.25, 0.3) is 0 Å². The van der Waals surface area contributed by atoms with Crippen molar-refractivity contribution in [3.8, 4) is 0 Å². The van der Waals surface area contributed by atoms with Crippen molar-refractivity contribution < 1.29 is 0 Å². The standard InChI is InChI=1S/C18H25N3/c1-3-14(2)17-13-21(12-6-11-20-17)18-9-4-8-16-15(18)7-5-10-19-16/h4-5,7-10,14,17,20H,3,6,11-13H2,1-2H3. The zero-order valence-corrected chi connectivity index (χ0v) is 13.0. The number of pyridine rings is 1. The first-order valence-corrected chi connectivity index (χ1v) is 8.11. The van der Waals surface area contributed by atoms with Crippen LogP contribution in [0.25, 0.3) is 10.9 Å². The summed E-state index contributed by atoms with van der Waals surface area (Å²) in [6, 6.07) is 11.3. The van der Waals surface area contributed by atoms with E-state index in [0.29, 0.717) is 12.0 Å². The molecule has 1 saturated heterocycles. The van der Waals surface area contributed by atoms with Crippen molar-refractivity contribution in [2.24, 2.45) is 5.92 Å². The van der Waals surface area contributed by atoms with Gasteiger partial charge in [-0.2, -0.15) is 0 Å². The molecule has 2 aromatic rings. The minimum atomic E-state index is 0.574. The Bertz CT molecular complexity index is 591. The fourth-order valence-corrected chi connectivity index (χ4v) is 3.20. The van der Waals surface area contributed by atoms with E-state index in [1.54, 1.807) is 0 Å². The van der Waals surface area contributed by atoms with Crippen LogP contribution in [0.1, 0.15) is 26.7 Å². The molecule has 0 saturated carbocycles. The number of aromatic nitrogens is 1. The molecule has 0 bridgehead atoms. The first-order valence-electron chi connectivity index (χ1n) is 8.11. The molecule has 2 unspecified atom stereocenters. The molecular weight excluding hydrogens is 258 g/mol. The van der Waals surface area contributed by atoms with E-state index < -0.39 is 0 Å². The van der Waals surface area contributed by atoms with Gasteiger partial charge in [0.05, 0.1) is 5.52 Å². The Hall–Kier alpha value is -1.61. The van der Waals surface area contributed by atoms with Gasteiger partial charge in [-0.05, 0) is 43.1 Å². The Labute approximate surface area is 127 Å². The fraction of sp³-hybridized carbons (Fsp3) is 0.500. The normalized spacial score (nSPS) is 21.2. The zero-order chi connectivity index (χ0) is 14.7. The van der Waals surface area contributed by atoms with E-state index in [1.165, 1.54) is 23.9 Å². The second kappa shape index (κ2) is 6.44. The lowest BCUT2D eigenvalue weighted by Gasteiger charge is -2.30. The van der Waals surface area contributed by atoms with E-state index in [9.17, 15) is 0 Å². The third-order valence-corrected chi connectivity index (χ3v) is 4.72. The third-order valence-electron chi connectivity index (χ3n) is 4.72. The molecular formula is C18H25N3. The number of nitrogens with zero attached hydrogens (tertiary/aromatic N) is 2. The molecule has 0 radical (unpaired) electrons. The Kier molecular flexibility index (Phi) is 4.39. The quantitative estimate of drug-likeness (QED) is 0.935. The van der Waals surface area contributed by atoms with E-state index >= 15 is 0 Å². The highest BCUT2D eigenvalue weighted by atomic mass is 15.2. The van der Waals surface area contributed by atoms with Crippen molar-refractivity contribution in [1.82, 2.24) is 10.3 Å². The van der Waals surface area contributed by atoms with Gasteiger partial charge in [-0.15, -0.1) is 0 Å². The van der Waals surface area contributed by atoms with Gasteiger partial charge in [-0.1, -0.05) is 26.3 Å². The predicted molar refractivity (Wildman–Crippen MR) is 89.8 cm³/mol. The van der Waals surface area contributed by atoms with Crippen LogP contribution in [0.3, 0.4) is 0 Å². The lowest BCUT2D eigenvalue weighted by atomic mass is 9.98. The van der Waals surface area contributed by atoms with Gasteiger partial charge >= 0.3 is 0 Å². The second-order valence-corrected chi connectivity index (χ2v) is 6.09. The van der Waals surface area contributed by atoms with Crippen molar-refractivity contribution in [3.63, 3.8) is 0 Å². The molecule has 3 nitrogen and oxygen atoms in total. The van der Waals surface area contributed by atoms with Gasteiger partial charge < -0.3 is 10.2 Å². The number of hydrogen-bond acceptors (Lipinski definition) is 3. The fourth-order valence-electron chi connectivity index (χ4n) is 3.20. The van der Waals surface area contributed by atoms with Crippen LogP contribution in [0.5, 0.6) is 0 Å². The molecule has 21 heavy (non-hydrogen) atoms. The maximum atomic E-state index is 4.49. The van der Waals surface area contributed by atoms with Crippen LogP contribution in [0.2, 0.25) is 0 Å². The summed E-state index contributed by atoms with van der Waals surface area (Å²) < 4.78 is 0. The van der Waals surface area contributed by atoms with Gasteiger partial charge in [-0.25, -0.2) is 0 Å². The van der Waals surface area contributed by atoms with Crippen LogP contribution in [0, 0.1) is 5.92 Å². The molecule has 2 heterocycles. The molecule has 1 fully saturated rings. The summed E-state index contributed by atoms with van der Waals surface area (Å²) in [5.74, 6) is 0.707. The first-order chi connectivity index (χ1) is 10.3. The van der Waals surface area contributed by atoms with Crippen LogP contribution in [-0.2, 0) is 0 Å². The van der Waals surface area contributed by atoms with Gasteiger partial charge in [0.15, 0.2) is 0 Å². The van der Waals surface area contributed by atoms with Gasteiger partial charge in [0.1, 0.15) is 0 Å². The molecule has 2 atom stereocenters. The Morgan fingerprint density at radius 1 is 1.33 bits per heavy atom. The number of rotatable bonds is 3. The van der Waals surface area contributed by atoms with Gasteiger partial charge in [0.2, 0.25) is 0 Å². The highest BCUT2D eigenvalue weighted by Crippen LogP contribution is 2.27. The molecule has 1 aliphatic rings. The molecule has 1 N–H and O–H groups in total. The minimum absolute atomic E-state index is 0.574. The summed E-state index contributed by atoms with van der Waals surface area (Å²) in [6.07, 6.45) is 4.30. The zero-order valence-electron chi connectivity index (χ0n) is 13.0. The van der Waals surface area contributed by atoms with Crippen molar-refractivity contribution in [3.05, 3.63) is 36.5 Å². The topological polar surface area (TPSA) is 28.2 Å². The average molecular weight is 283 g/mol. The molecule has 3 rings (SSSR count). The average Bonchev–Trinajstić information content (AvgIpc) is 2.79. The smallest absolute Gasteiger partial charge is 0.0722 e. The summed E-state index contributed by atoms with van der Waals surface area (Å²) in [6.45, 7) is 7.96. The van der Waals surface area contributed by atoms with E-state index in [4.69, 9.17) is 0 Å². The van der Waals surface area contributed by atoms with Crippen LogP contribution < -0.4 is 10.2 Å². The van der Waals surface area contributed by atoms with Crippen LogP contribution >= 0.6 is 0 Å². The van der Waals surface area contributed by atoms with Crippen LogP contribution in [0.15, 0.2) is 36.5 Å². The molecule has 1 aromatic carbocycles. The van der Waals surface area contributed by atoms with E-state index in [-0.39, 0.29) is 0 Å². The van der Waals surface area contributed by atoms with Crippen molar-refractivity contribution in [1.29, 1.82) is 0 Å². The second-order valence-electron chi connectivity index (χ2n) is 6.09. The lowest BCUT2D eigenvalue weighted by Crippen LogP contribution is -2.42. The summed E-state index contributed by atoms with van der Waals surface area (Å²) >= 11 is 0. The number of nitrogens with one attached hydrogen (secondary N) is 1. The maximum Gasteiger partial charge on any atom is 0.0722 e. The highest BCUT2D eigenvalue weighted by molar-refractivity contribution is 5.91. The highest BCUT2D eigenvalue weighted by Gasteiger charge is 2.22. The Balaban J connectivity index is 1.93. The molecule has 0 amide bonds. The Morgan fingerprint density at radius 2 is 2.24 bits per heavy atom. The molecule has 112 valence electrons. The monoisotopic (exact) mass is 283 g/mol. The van der Waals surface area contributed by atoms with Crippen LogP contribution in [0.4, 0.5) is 5.69 Å². The Morgan fingerprint density at radius 3 is 3.10 bits per heavy atom. The predicted octanol–water partition coefficient (Wildman–Crippen LogP) is 3.45. The number of benzene rings is 1. The third kappa shape index (κ3) is 3.03. The molecule has 0 spiro atoms. The van der Waals surface area contributed by atoms with Crippen LogP contribution in [-0.4, -0.2) is 30.7 Å². The van der Waals surface area contributed by atoms with Crippen molar-refractivity contribution >= 4 is 16.6 Å². The largest absolute Gasteiger partial charge is 0.369 e. The molecule has 3 heteroatoms. The summed E-state index contributed by atoms with van der Waals surface area (Å²) in [4.78, 5) is 7.03. The number of hydrogen-bond donors (Lipinski definition) is 1. The molecule has 0 aliphatic carbocycles. The molecule has 1 aliphatic heterocycles. The lowest BCUT2D eigenvalue weighted by molar-refractivity contribution is 0.384. The van der Waals surface area contributed by atoms with E-state index in [1.807, 2.05) is 12.3 Å².